The van der Waals surface area contributed by atoms with Gasteiger partial charge in [-0.1, -0.05) is 34.1 Å². The minimum Gasteiger partial charge on any atom is -0.495 e. The van der Waals surface area contributed by atoms with Crippen molar-refractivity contribution in [2.75, 3.05) is 12.4 Å². The largest absolute Gasteiger partial charge is 0.495 e. The van der Waals surface area contributed by atoms with Crippen molar-refractivity contribution in [3.8, 4) is 11.8 Å². The maximum Gasteiger partial charge on any atom is 0.141 e. The fourth-order valence-electron chi connectivity index (χ4n) is 1.83. The molecule has 2 rings (SSSR count). The van der Waals surface area contributed by atoms with Crippen molar-refractivity contribution >= 4 is 21.6 Å². The summed E-state index contributed by atoms with van der Waals surface area (Å²) in [4.78, 5) is 0. The molecule has 0 radical (unpaired) electrons. The van der Waals surface area contributed by atoms with Gasteiger partial charge < -0.3 is 10.1 Å². The lowest BCUT2D eigenvalue weighted by Crippen LogP contribution is -2.10. The first kappa shape index (κ1) is 14.4. The molecule has 2 aromatic carbocycles. The van der Waals surface area contributed by atoms with Crippen LogP contribution in [0.1, 0.15) is 11.6 Å². The molecule has 0 heterocycles. The van der Waals surface area contributed by atoms with Gasteiger partial charge in [-0.15, -0.1) is 0 Å². The van der Waals surface area contributed by atoms with Gasteiger partial charge in [0.2, 0.25) is 0 Å². The number of nitrogens with zero attached hydrogens (tertiary/aromatic N) is 1. The summed E-state index contributed by atoms with van der Waals surface area (Å²) in [6, 6.07) is 13.1. The minimum absolute atomic E-state index is 0.352. The maximum absolute atomic E-state index is 13.1. The normalized spacial score (nSPS) is 11.5. The van der Waals surface area contributed by atoms with Gasteiger partial charge in [0, 0.05) is 10.0 Å². The second-order valence-corrected chi connectivity index (χ2v) is 4.93. The van der Waals surface area contributed by atoms with Crippen LogP contribution in [0.2, 0.25) is 0 Å². The van der Waals surface area contributed by atoms with Crippen molar-refractivity contribution in [2.24, 2.45) is 0 Å². The molecule has 0 spiro atoms. The van der Waals surface area contributed by atoms with Gasteiger partial charge in [0.25, 0.3) is 0 Å². The highest BCUT2D eigenvalue weighted by Gasteiger charge is 2.15. The van der Waals surface area contributed by atoms with Crippen LogP contribution in [0.5, 0.6) is 5.75 Å². The van der Waals surface area contributed by atoms with Crippen molar-refractivity contribution < 1.29 is 9.13 Å². The van der Waals surface area contributed by atoms with Gasteiger partial charge in [-0.05, 0) is 24.3 Å². The van der Waals surface area contributed by atoms with E-state index in [0.717, 1.165) is 0 Å². The SMILES string of the molecule is COc1ccccc1NC(C#N)c1ccc(F)cc1Br. The van der Waals surface area contributed by atoms with Crippen LogP contribution in [-0.2, 0) is 0 Å². The van der Waals surface area contributed by atoms with Crippen LogP contribution in [-0.4, -0.2) is 7.11 Å². The predicted molar refractivity (Wildman–Crippen MR) is 79.1 cm³/mol. The molecule has 20 heavy (non-hydrogen) atoms. The minimum atomic E-state index is -0.610. The molecule has 102 valence electrons. The molecular weight excluding hydrogens is 323 g/mol. The van der Waals surface area contributed by atoms with Gasteiger partial charge in [-0.3, -0.25) is 0 Å². The maximum atomic E-state index is 13.1. The molecule has 0 saturated heterocycles. The van der Waals surface area contributed by atoms with E-state index in [2.05, 4.69) is 27.3 Å². The van der Waals surface area contributed by atoms with Gasteiger partial charge >= 0.3 is 0 Å². The third-order valence-corrected chi connectivity index (χ3v) is 3.50. The number of nitriles is 1. The van der Waals surface area contributed by atoms with Gasteiger partial charge in [-0.2, -0.15) is 5.26 Å². The zero-order valence-corrected chi connectivity index (χ0v) is 12.3. The third-order valence-electron chi connectivity index (χ3n) is 2.81. The molecule has 3 nitrogen and oxygen atoms in total. The number of rotatable bonds is 4. The lowest BCUT2D eigenvalue weighted by atomic mass is 10.1. The third kappa shape index (κ3) is 3.09. The Kier molecular flexibility index (Phi) is 4.59. The number of ether oxygens (including phenoxy) is 1. The highest BCUT2D eigenvalue weighted by atomic mass is 79.9. The molecule has 1 atom stereocenters. The summed E-state index contributed by atoms with van der Waals surface area (Å²) in [6.07, 6.45) is 0. The Morgan fingerprint density at radius 2 is 2.05 bits per heavy atom. The van der Waals surface area contributed by atoms with Gasteiger partial charge in [0.1, 0.15) is 17.6 Å². The zero-order chi connectivity index (χ0) is 14.5. The number of halogens is 2. The average Bonchev–Trinajstić information content (AvgIpc) is 2.46. The molecule has 1 unspecified atom stereocenters. The Labute approximate surface area is 125 Å². The summed E-state index contributed by atoms with van der Waals surface area (Å²) in [6.45, 7) is 0. The van der Waals surface area contributed by atoms with Crippen LogP contribution in [0.4, 0.5) is 10.1 Å². The van der Waals surface area contributed by atoms with Crippen LogP contribution in [0, 0.1) is 17.1 Å². The number of para-hydroxylation sites is 2. The number of nitrogens with one attached hydrogen (secondary N) is 1. The monoisotopic (exact) mass is 334 g/mol. The molecule has 0 aliphatic rings. The van der Waals surface area contributed by atoms with E-state index < -0.39 is 6.04 Å². The molecule has 2 aromatic rings. The molecule has 0 saturated carbocycles. The first-order valence-electron chi connectivity index (χ1n) is 5.90. The molecule has 0 bridgehead atoms. The van der Waals surface area contributed by atoms with Crippen LogP contribution in [0.3, 0.4) is 0 Å². The van der Waals surface area contributed by atoms with E-state index in [-0.39, 0.29) is 5.82 Å². The van der Waals surface area contributed by atoms with Crippen molar-refractivity contribution in [1.29, 1.82) is 5.26 Å². The topological polar surface area (TPSA) is 45.0 Å². The van der Waals surface area contributed by atoms with E-state index in [9.17, 15) is 9.65 Å². The zero-order valence-electron chi connectivity index (χ0n) is 10.7. The van der Waals surface area contributed by atoms with E-state index in [1.165, 1.54) is 12.1 Å². The number of anilines is 1. The molecule has 0 aromatic heterocycles. The van der Waals surface area contributed by atoms with E-state index in [4.69, 9.17) is 4.74 Å². The summed E-state index contributed by atoms with van der Waals surface area (Å²) in [5.74, 6) is 0.292. The van der Waals surface area contributed by atoms with Gasteiger partial charge in [0.05, 0.1) is 18.9 Å². The van der Waals surface area contributed by atoms with Gasteiger partial charge in [-0.25, -0.2) is 4.39 Å². The lowest BCUT2D eigenvalue weighted by molar-refractivity contribution is 0.416. The molecule has 0 fully saturated rings. The van der Waals surface area contributed by atoms with E-state index >= 15 is 0 Å². The first-order valence-corrected chi connectivity index (χ1v) is 6.69. The summed E-state index contributed by atoms with van der Waals surface area (Å²) in [5.41, 5.74) is 1.37. The molecule has 0 aliphatic carbocycles. The summed E-state index contributed by atoms with van der Waals surface area (Å²) in [5, 5.41) is 12.4. The van der Waals surface area contributed by atoms with E-state index in [1.807, 2.05) is 18.2 Å². The standard InChI is InChI=1S/C15H12BrFN2O/c1-20-15-5-3-2-4-13(15)19-14(9-18)11-7-6-10(17)8-12(11)16/h2-8,14,19H,1H3. The van der Waals surface area contributed by atoms with Crippen molar-refractivity contribution in [3.63, 3.8) is 0 Å². The fourth-order valence-corrected chi connectivity index (χ4v) is 2.41. The Morgan fingerprint density at radius 3 is 2.70 bits per heavy atom. The fraction of sp³-hybridized carbons (Fsp3) is 0.133. The smallest absolute Gasteiger partial charge is 0.141 e. The van der Waals surface area contributed by atoms with E-state index in [1.54, 1.807) is 19.2 Å². The number of benzene rings is 2. The molecule has 1 N–H and O–H groups in total. The summed E-state index contributed by atoms with van der Waals surface area (Å²) >= 11 is 3.28. The second kappa shape index (κ2) is 6.40. The predicted octanol–water partition coefficient (Wildman–Crippen LogP) is 4.27. The summed E-state index contributed by atoms with van der Waals surface area (Å²) < 4.78 is 18.9. The second-order valence-electron chi connectivity index (χ2n) is 4.07. The average molecular weight is 335 g/mol. The number of hydrogen-bond acceptors (Lipinski definition) is 3. The van der Waals surface area contributed by atoms with Crippen LogP contribution < -0.4 is 10.1 Å². The highest BCUT2D eigenvalue weighted by molar-refractivity contribution is 9.10. The van der Waals surface area contributed by atoms with Crippen molar-refractivity contribution in [1.82, 2.24) is 0 Å². The van der Waals surface area contributed by atoms with Crippen LogP contribution in [0.25, 0.3) is 0 Å². The Balaban J connectivity index is 2.32. The molecule has 5 heteroatoms. The molecular formula is C15H12BrFN2O. The van der Waals surface area contributed by atoms with Crippen molar-refractivity contribution in [3.05, 3.63) is 58.3 Å². The Bertz CT molecular complexity index is 655. The first-order chi connectivity index (χ1) is 9.65. The Hall–Kier alpha value is -2.06. The quantitative estimate of drug-likeness (QED) is 0.907. The van der Waals surface area contributed by atoms with E-state index in [0.29, 0.717) is 21.5 Å². The molecule has 0 amide bonds. The van der Waals surface area contributed by atoms with Crippen LogP contribution in [0.15, 0.2) is 46.9 Å². The van der Waals surface area contributed by atoms with Crippen LogP contribution >= 0.6 is 15.9 Å². The number of hydrogen-bond donors (Lipinski definition) is 1. The Morgan fingerprint density at radius 1 is 1.30 bits per heavy atom. The van der Waals surface area contributed by atoms with Gasteiger partial charge in [0.15, 0.2) is 0 Å². The highest BCUT2D eigenvalue weighted by Crippen LogP contribution is 2.30. The van der Waals surface area contributed by atoms with Crippen molar-refractivity contribution in [2.45, 2.75) is 6.04 Å². The summed E-state index contributed by atoms with van der Waals surface area (Å²) in [7, 11) is 1.57. The molecule has 0 aliphatic heterocycles. The lowest BCUT2D eigenvalue weighted by Gasteiger charge is -2.17. The number of methoxy groups -OCH3 is 1.